The van der Waals surface area contributed by atoms with Gasteiger partial charge in [-0.2, -0.15) is 0 Å². The normalized spacial score (nSPS) is 15.2. The average molecular weight is 307 g/mol. The Labute approximate surface area is 130 Å². The van der Waals surface area contributed by atoms with E-state index in [0.29, 0.717) is 12.1 Å². The number of rotatable bonds is 12. The highest BCUT2D eigenvalue weighted by Gasteiger charge is 2.15. The molecule has 0 spiro atoms. The maximum absolute atomic E-state index is 2.56. The van der Waals surface area contributed by atoms with Crippen LogP contribution in [0.25, 0.3) is 0 Å². The molecule has 0 amide bonds. The van der Waals surface area contributed by atoms with Crippen molar-refractivity contribution in [2.45, 2.75) is 79.3 Å². The maximum Gasteiger partial charge on any atom is 0.0687 e. The highest BCUT2D eigenvalue weighted by atomic mass is 32.2. The van der Waals surface area contributed by atoms with Crippen LogP contribution >= 0.6 is 23.9 Å². The van der Waals surface area contributed by atoms with E-state index in [4.69, 9.17) is 0 Å². The molecule has 0 aliphatic rings. The molecule has 4 heteroatoms. The van der Waals surface area contributed by atoms with Crippen LogP contribution in [-0.4, -0.2) is 38.9 Å². The predicted octanol–water partition coefficient (Wildman–Crippen LogP) is 5.26. The molecule has 0 rings (SSSR count). The molecule has 0 aromatic heterocycles. The molecular formula is C15H34N2S2. The van der Waals surface area contributed by atoms with Crippen molar-refractivity contribution in [3.63, 3.8) is 0 Å². The summed E-state index contributed by atoms with van der Waals surface area (Å²) in [5, 5.41) is 1.15. The third-order valence-electron chi connectivity index (χ3n) is 3.49. The second-order valence-electron chi connectivity index (χ2n) is 5.17. The largest absolute Gasteiger partial charge is 0.247 e. The molecule has 0 radical (unpaired) electrons. The number of hydrogen-bond donors (Lipinski definition) is 0. The summed E-state index contributed by atoms with van der Waals surface area (Å²) >= 11 is 4.03. The van der Waals surface area contributed by atoms with E-state index >= 15 is 0 Å². The second kappa shape index (κ2) is 12.4. The summed E-state index contributed by atoms with van der Waals surface area (Å²) in [5.41, 5.74) is 0. The first-order chi connectivity index (χ1) is 9.10. The summed E-state index contributed by atoms with van der Waals surface area (Å²) in [7, 11) is 0. The Kier molecular flexibility index (Phi) is 12.8. The van der Waals surface area contributed by atoms with Crippen LogP contribution in [0, 0.1) is 0 Å². The van der Waals surface area contributed by atoms with Gasteiger partial charge in [-0.3, -0.25) is 0 Å². The van der Waals surface area contributed by atoms with Gasteiger partial charge in [-0.15, -0.1) is 0 Å². The first-order valence-electron chi connectivity index (χ1n) is 7.89. The molecule has 0 N–H and O–H groups in total. The van der Waals surface area contributed by atoms with Crippen molar-refractivity contribution < 1.29 is 0 Å². The van der Waals surface area contributed by atoms with Gasteiger partial charge >= 0.3 is 0 Å². The summed E-state index contributed by atoms with van der Waals surface area (Å²) in [6, 6.07) is 1.38. The molecule has 0 heterocycles. The minimum Gasteiger partial charge on any atom is -0.247 e. The predicted molar refractivity (Wildman–Crippen MR) is 93.5 cm³/mol. The second-order valence-corrected chi connectivity index (χ2v) is 7.57. The number of hydrogen-bond acceptors (Lipinski definition) is 4. The Balaban J connectivity index is 4.12. The fourth-order valence-corrected chi connectivity index (χ4v) is 4.53. The van der Waals surface area contributed by atoms with Crippen molar-refractivity contribution in [3.05, 3.63) is 0 Å². The minimum absolute atomic E-state index is 0.689. The van der Waals surface area contributed by atoms with Crippen LogP contribution in [0.5, 0.6) is 0 Å². The zero-order chi connectivity index (χ0) is 14.7. The van der Waals surface area contributed by atoms with E-state index < -0.39 is 0 Å². The van der Waals surface area contributed by atoms with Crippen LogP contribution in [0.3, 0.4) is 0 Å². The van der Waals surface area contributed by atoms with E-state index in [9.17, 15) is 0 Å². The molecule has 0 aromatic rings. The lowest BCUT2D eigenvalue weighted by Gasteiger charge is -2.30. The zero-order valence-electron chi connectivity index (χ0n) is 13.8. The first-order valence-corrected chi connectivity index (χ1v) is 9.78. The van der Waals surface area contributed by atoms with Gasteiger partial charge in [-0.25, -0.2) is 8.61 Å². The van der Waals surface area contributed by atoms with Gasteiger partial charge in [0.05, 0.1) is 5.08 Å². The van der Waals surface area contributed by atoms with Crippen LogP contribution in [0.1, 0.15) is 67.2 Å². The Morgan fingerprint density at radius 1 is 0.737 bits per heavy atom. The summed E-state index contributed by atoms with van der Waals surface area (Å²) in [5.74, 6) is 0. The lowest BCUT2D eigenvalue weighted by atomic mass is 10.2. The molecule has 19 heavy (non-hydrogen) atoms. The Hall–Kier alpha value is 0.620. The van der Waals surface area contributed by atoms with E-state index in [1.807, 2.05) is 23.9 Å². The molecule has 0 aliphatic carbocycles. The van der Waals surface area contributed by atoms with E-state index in [1.54, 1.807) is 0 Å². The molecule has 0 bridgehead atoms. The van der Waals surface area contributed by atoms with Crippen LogP contribution < -0.4 is 0 Å². The van der Waals surface area contributed by atoms with Gasteiger partial charge in [0, 0.05) is 25.2 Å². The van der Waals surface area contributed by atoms with Crippen LogP contribution in [0.2, 0.25) is 0 Å². The van der Waals surface area contributed by atoms with Crippen molar-refractivity contribution in [1.82, 2.24) is 8.61 Å². The monoisotopic (exact) mass is 306 g/mol. The molecule has 0 saturated heterocycles. The summed E-state index contributed by atoms with van der Waals surface area (Å²) < 4.78 is 5.13. The molecule has 0 fully saturated rings. The van der Waals surface area contributed by atoms with Gasteiger partial charge in [0.2, 0.25) is 0 Å². The van der Waals surface area contributed by atoms with Gasteiger partial charge in [0.1, 0.15) is 0 Å². The average Bonchev–Trinajstić information content (AvgIpc) is 2.43. The van der Waals surface area contributed by atoms with Crippen molar-refractivity contribution >= 4 is 23.9 Å². The van der Waals surface area contributed by atoms with E-state index in [1.165, 1.54) is 38.8 Å². The van der Waals surface area contributed by atoms with E-state index in [0.717, 1.165) is 5.08 Å². The quantitative estimate of drug-likeness (QED) is 0.358. The van der Waals surface area contributed by atoms with Gasteiger partial charge in [-0.1, -0.05) is 51.6 Å². The third-order valence-corrected chi connectivity index (χ3v) is 6.08. The summed E-state index contributed by atoms with van der Waals surface area (Å²) in [6.07, 6.45) is 4.96. The lowest BCUT2D eigenvalue weighted by Crippen LogP contribution is -2.29. The van der Waals surface area contributed by atoms with Crippen LogP contribution in [0.15, 0.2) is 0 Å². The third kappa shape index (κ3) is 8.49. The fourth-order valence-electron chi connectivity index (χ4n) is 1.83. The Morgan fingerprint density at radius 3 is 1.37 bits per heavy atom. The molecule has 2 nitrogen and oxygen atoms in total. The van der Waals surface area contributed by atoms with Gasteiger partial charge in [0.25, 0.3) is 0 Å². The Bertz CT molecular complexity index is 183. The topological polar surface area (TPSA) is 6.48 Å². The zero-order valence-corrected chi connectivity index (χ0v) is 15.4. The standard InChI is InChI=1S/C15H34N2S2/c1-7-11-16(14(5)9-3)18-13-19-17(12-8-2)15(6)10-4/h14-15H,7-13H2,1-6H3. The minimum atomic E-state index is 0.689. The van der Waals surface area contributed by atoms with E-state index in [2.05, 4.69) is 50.2 Å². The Morgan fingerprint density at radius 2 is 1.11 bits per heavy atom. The highest BCUT2D eigenvalue weighted by molar-refractivity contribution is 8.13. The van der Waals surface area contributed by atoms with Crippen molar-refractivity contribution in [1.29, 1.82) is 0 Å². The first kappa shape index (κ1) is 19.6. The van der Waals surface area contributed by atoms with Crippen LogP contribution in [-0.2, 0) is 0 Å². The lowest BCUT2D eigenvalue weighted by molar-refractivity contribution is 0.362. The van der Waals surface area contributed by atoms with Gasteiger partial charge < -0.3 is 0 Å². The molecule has 0 aromatic carbocycles. The van der Waals surface area contributed by atoms with E-state index in [-0.39, 0.29) is 0 Å². The molecule has 0 saturated carbocycles. The van der Waals surface area contributed by atoms with Gasteiger partial charge in [-0.05, 0) is 39.5 Å². The van der Waals surface area contributed by atoms with Gasteiger partial charge in [0.15, 0.2) is 0 Å². The SMILES string of the molecule is CCCN(SCSN(CCC)C(C)CC)C(C)CC. The molecule has 2 atom stereocenters. The summed E-state index contributed by atoms with van der Waals surface area (Å²) in [6.45, 7) is 16.2. The number of nitrogens with zero attached hydrogens (tertiary/aromatic N) is 2. The maximum atomic E-state index is 2.56. The molecule has 116 valence electrons. The van der Waals surface area contributed by atoms with Crippen molar-refractivity contribution in [3.8, 4) is 0 Å². The van der Waals surface area contributed by atoms with Crippen molar-refractivity contribution in [2.75, 3.05) is 18.2 Å². The highest BCUT2D eigenvalue weighted by Crippen LogP contribution is 2.26. The molecular weight excluding hydrogens is 272 g/mol. The molecule has 0 aliphatic heterocycles. The fraction of sp³-hybridized carbons (Fsp3) is 1.00. The molecule has 2 unspecified atom stereocenters. The smallest absolute Gasteiger partial charge is 0.0687 e. The van der Waals surface area contributed by atoms with Crippen molar-refractivity contribution in [2.24, 2.45) is 0 Å². The van der Waals surface area contributed by atoms with Crippen LogP contribution in [0.4, 0.5) is 0 Å². The summed E-state index contributed by atoms with van der Waals surface area (Å²) in [4.78, 5) is 0.